The van der Waals surface area contributed by atoms with Crippen molar-refractivity contribution in [2.45, 2.75) is 17.8 Å². The van der Waals surface area contributed by atoms with E-state index < -0.39 is 0 Å². The molecule has 0 aliphatic carbocycles. The van der Waals surface area contributed by atoms with Crippen LogP contribution < -0.4 is 14.8 Å². The summed E-state index contributed by atoms with van der Waals surface area (Å²) < 4.78 is 12.6. The van der Waals surface area contributed by atoms with Crippen LogP contribution in [0.4, 0.5) is 0 Å². The number of amides is 1. The Hall–Kier alpha value is -2.25. The van der Waals surface area contributed by atoms with Crippen molar-refractivity contribution >= 4 is 39.2 Å². The van der Waals surface area contributed by atoms with Gasteiger partial charge < -0.3 is 14.8 Å². The predicted molar refractivity (Wildman–Crippen MR) is 106 cm³/mol. The van der Waals surface area contributed by atoms with Crippen molar-refractivity contribution in [2.24, 2.45) is 0 Å². The molecule has 0 unspecified atom stereocenters. The molecule has 0 fully saturated rings. The largest absolute Gasteiger partial charge is 0.497 e. The van der Waals surface area contributed by atoms with Gasteiger partial charge in [-0.1, -0.05) is 23.9 Å². The van der Waals surface area contributed by atoms with E-state index in [0.29, 0.717) is 18.9 Å². The van der Waals surface area contributed by atoms with Crippen LogP contribution in [-0.4, -0.2) is 30.4 Å². The Kier molecular flexibility index (Phi) is 6.35. The van der Waals surface area contributed by atoms with E-state index in [9.17, 15) is 4.79 Å². The van der Waals surface area contributed by atoms with E-state index in [2.05, 4.69) is 10.3 Å². The maximum absolute atomic E-state index is 12.1. The number of thiazole rings is 1. The fraction of sp³-hybridized carbons (Fsp3) is 0.263. The molecule has 136 valence electrons. The molecule has 0 aliphatic heterocycles. The maximum Gasteiger partial charge on any atom is 0.230 e. The molecule has 1 heterocycles. The van der Waals surface area contributed by atoms with Crippen molar-refractivity contribution in [3.05, 3.63) is 48.0 Å². The number of aromatic nitrogens is 1. The third kappa shape index (κ3) is 4.89. The number of hydrogen-bond acceptors (Lipinski definition) is 6. The molecule has 1 aromatic heterocycles. The Morgan fingerprint density at radius 1 is 1.19 bits per heavy atom. The van der Waals surface area contributed by atoms with Crippen molar-refractivity contribution in [1.82, 2.24) is 10.3 Å². The van der Waals surface area contributed by atoms with Gasteiger partial charge in [0.25, 0.3) is 0 Å². The second-order valence-corrected chi connectivity index (χ2v) is 7.71. The van der Waals surface area contributed by atoms with Crippen LogP contribution in [0.5, 0.6) is 11.5 Å². The number of nitrogens with one attached hydrogen (secondary N) is 1. The van der Waals surface area contributed by atoms with Crippen LogP contribution in [0.1, 0.15) is 12.5 Å². The van der Waals surface area contributed by atoms with E-state index in [-0.39, 0.29) is 5.91 Å². The topological polar surface area (TPSA) is 60.5 Å². The van der Waals surface area contributed by atoms with Gasteiger partial charge in [-0.25, -0.2) is 4.98 Å². The number of methoxy groups -OCH3 is 1. The number of nitrogens with zero attached hydrogens (tertiary/aromatic N) is 1. The van der Waals surface area contributed by atoms with Gasteiger partial charge in [-0.3, -0.25) is 4.79 Å². The number of carbonyl (C=O) groups is 1. The van der Waals surface area contributed by atoms with Gasteiger partial charge in [0.05, 0.1) is 29.7 Å². The molecule has 7 heteroatoms. The molecular weight excluding hydrogens is 368 g/mol. The van der Waals surface area contributed by atoms with Crippen LogP contribution in [0.3, 0.4) is 0 Å². The smallest absolute Gasteiger partial charge is 0.230 e. The second-order valence-electron chi connectivity index (χ2n) is 5.46. The van der Waals surface area contributed by atoms with Crippen molar-refractivity contribution < 1.29 is 14.3 Å². The van der Waals surface area contributed by atoms with Gasteiger partial charge in [-0.15, -0.1) is 11.3 Å². The Balaban J connectivity index is 1.51. The van der Waals surface area contributed by atoms with Crippen molar-refractivity contribution in [3.8, 4) is 11.5 Å². The van der Waals surface area contributed by atoms with Crippen LogP contribution >= 0.6 is 23.1 Å². The summed E-state index contributed by atoms with van der Waals surface area (Å²) in [6.45, 7) is 3.10. The highest BCUT2D eigenvalue weighted by Gasteiger charge is 2.09. The zero-order valence-electron chi connectivity index (χ0n) is 14.7. The molecule has 0 saturated carbocycles. The lowest BCUT2D eigenvalue weighted by molar-refractivity contribution is -0.118. The average Bonchev–Trinajstić information content (AvgIpc) is 3.07. The number of hydrogen-bond donors (Lipinski definition) is 1. The summed E-state index contributed by atoms with van der Waals surface area (Å²) in [5.74, 6) is 1.98. The summed E-state index contributed by atoms with van der Waals surface area (Å²) in [6.07, 6.45) is 0. The summed E-state index contributed by atoms with van der Waals surface area (Å²) in [5.41, 5.74) is 1.96. The number of rotatable bonds is 8. The first-order chi connectivity index (χ1) is 12.7. The molecule has 1 N–H and O–H groups in total. The normalized spacial score (nSPS) is 10.7. The van der Waals surface area contributed by atoms with Crippen LogP contribution in [0.15, 0.2) is 46.8 Å². The van der Waals surface area contributed by atoms with Gasteiger partial charge in [-0.2, -0.15) is 0 Å². The maximum atomic E-state index is 12.1. The van der Waals surface area contributed by atoms with Crippen LogP contribution in [0.2, 0.25) is 0 Å². The zero-order valence-corrected chi connectivity index (χ0v) is 16.3. The minimum atomic E-state index is -0.0138. The highest BCUT2D eigenvalue weighted by atomic mass is 32.2. The summed E-state index contributed by atoms with van der Waals surface area (Å²) >= 11 is 3.03. The molecule has 1 amide bonds. The molecule has 0 bridgehead atoms. The molecule has 26 heavy (non-hydrogen) atoms. The Morgan fingerprint density at radius 2 is 1.96 bits per heavy atom. The van der Waals surface area contributed by atoms with Gasteiger partial charge >= 0.3 is 0 Å². The van der Waals surface area contributed by atoms with Crippen LogP contribution in [0.25, 0.3) is 10.2 Å². The monoisotopic (exact) mass is 388 g/mol. The van der Waals surface area contributed by atoms with E-state index in [0.717, 1.165) is 31.6 Å². The number of thioether (sulfide) groups is 1. The second kappa shape index (κ2) is 8.91. The average molecular weight is 389 g/mol. The van der Waals surface area contributed by atoms with E-state index >= 15 is 0 Å². The minimum Gasteiger partial charge on any atom is -0.497 e. The number of fused-ring (bicyclic) bond motifs is 1. The summed E-state index contributed by atoms with van der Waals surface area (Å²) in [5, 5.41) is 2.92. The van der Waals surface area contributed by atoms with Gasteiger partial charge in [0.2, 0.25) is 5.91 Å². The van der Waals surface area contributed by atoms with Crippen molar-refractivity contribution in [1.29, 1.82) is 0 Å². The quantitative estimate of drug-likeness (QED) is 0.589. The molecule has 0 aliphatic rings. The van der Waals surface area contributed by atoms with E-state index in [1.807, 2.05) is 49.4 Å². The molecule has 0 atom stereocenters. The lowest BCUT2D eigenvalue weighted by atomic mass is 10.2. The van der Waals surface area contributed by atoms with Gasteiger partial charge in [-0.05, 0) is 42.8 Å². The molecule has 2 aromatic carbocycles. The molecule has 0 spiro atoms. The third-order valence-corrected chi connectivity index (χ3v) is 5.79. The Morgan fingerprint density at radius 3 is 2.69 bits per heavy atom. The lowest BCUT2D eigenvalue weighted by Crippen LogP contribution is -2.24. The zero-order chi connectivity index (χ0) is 18.4. The molecule has 3 aromatic rings. The molecule has 3 rings (SSSR count). The SMILES string of the molecule is CCOc1ccc2nc(SCC(=O)NCc3ccc(OC)cc3)sc2c1. The summed E-state index contributed by atoms with van der Waals surface area (Å²) in [7, 11) is 1.63. The van der Waals surface area contributed by atoms with E-state index in [1.54, 1.807) is 18.4 Å². The number of ether oxygens (including phenoxy) is 2. The first kappa shape index (κ1) is 18.5. The van der Waals surface area contributed by atoms with Crippen molar-refractivity contribution in [3.63, 3.8) is 0 Å². The first-order valence-corrected chi connectivity index (χ1v) is 10.0. The third-order valence-electron chi connectivity index (χ3n) is 3.63. The fourth-order valence-electron chi connectivity index (χ4n) is 2.32. The van der Waals surface area contributed by atoms with Gasteiger partial charge in [0.15, 0.2) is 4.34 Å². The number of benzene rings is 2. The van der Waals surface area contributed by atoms with Crippen LogP contribution in [-0.2, 0) is 11.3 Å². The van der Waals surface area contributed by atoms with E-state index in [4.69, 9.17) is 9.47 Å². The number of carbonyl (C=O) groups excluding carboxylic acids is 1. The summed E-state index contributed by atoms with van der Waals surface area (Å²) in [4.78, 5) is 16.6. The highest BCUT2D eigenvalue weighted by Crippen LogP contribution is 2.31. The van der Waals surface area contributed by atoms with E-state index in [1.165, 1.54) is 11.8 Å². The predicted octanol–water partition coefficient (Wildman–Crippen LogP) is 4.11. The van der Waals surface area contributed by atoms with Crippen molar-refractivity contribution in [2.75, 3.05) is 19.5 Å². The summed E-state index contributed by atoms with van der Waals surface area (Å²) in [6, 6.07) is 13.5. The van der Waals surface area contributed by atoms with Gasteiger partial charge in [0.1, 0.15) is 11.5 Å². The lowest BCUT2D eigenvalue weighted by Gasteiger charge is -2.05. The first-order valence-electron chi connectivity index (χ1n) is 8.23. The Bertz CT molecular complexity index is 878. The highest BCUT2D eigenvalue weighted by molar-refractivity contribution is 8.01. The standard InChI is InChI=1S/C19H20N2O3S2/c1-3-24-15-8-9-16-17(10-15)26-19(21-16)25-12-18(22)20-11-13-4-6-14(23-2)7-5-13/h4-10H,3,11-12H2,1-2H3,(H,20,22). The molecule has 0 radical (unpaired) electrons. The Labute approximate surface area is 160 Å². The molecule has 0 saturated heterocycles. The van der Waals surface area contributed by atoms with Gasteiger partial charge in [0, 0.05) is 6.54 Å². The fourth-order valence-corrected chi connectivity index (χ4v) is 4.25. The molecule has 5 nitrogen and oxygen atoms in total. The van der Waals surface area contributed by atoms with Crippen LogP contribution in [0, 0.1) is 0 Å². The molecular formula is C19H20N2O3S2. The minimum absolute atomic E-state index is 0.0138.